The van der Waals surface area contributed by atoms with E-state index in [1.54, 1.807) is 21.3 Å². The molecule has 0 saturated heterocycles. The second-order valence-electron chi connectivity index (χ2n) is 4.30. The van der Waals surface area contributed by atoms with Crippen LogP contribution in [0.25, 0.3) is 0 Å². The summed E-state index contributed by atoms with van der Waals surface area (Å²) in [6.07, 6.45) is 5.39. The molecular formula is C15H22N2O3. The first-order chi connectivity index (χ1) is 9.60. The minimum atomic E-state index is -0.0882. The average Bonchev–Trinajstić information content (AvgIpc) is 2.50. The van der Waals surface area contributed by atoms with Crippen LogP contribution in [0.5, 0.6) is 17.2 Å². The minimum Gasteiger partial charge on any atom is -0.493 e. The maximum Gasteiger partial charge on any atom is 0.203 e. The van der Waals surface area contributed by atoms with Crippen LogP contribution in [0.2, 0.25) is 0 Å². The van der Waals surface area contributed by atoms with E-state index in [1.807, 2.05) is 19.1 Å². The highest BCUT2D eigenvalue weighted by molar-refractivity contribution is 5.54. The van der Waals surface area contributed by atoms with Crippen molar-refractivity contribution in [2.24, 2.45) is 5.73 Å². The van der Waals surface area contributed by atoms with Gasteiger partial charge in [-0.2, -0.15) is 0 Å². The first-order valence-corrected chi connectivity index (χ1v) is 6.33. The van der Waals surface area contributed by atoms with E-state index in [2.05, 4.69) is 11.2 Å². The van der Waals surface area contributed by atoms with Gasteiger partial charge in [-0.25, -0.2) is 0 Å². The Bertz CT molecular complexity index is 457. The third-order valence-corrected chi connectivity index (χ3v) is 3.03. The van der Waals surface area contributed by atoms with Gasteiger partial charge in [-0.1, -0.05) is 5.92 Å². The van der Waals surface area contributed by atoms with Crippen LogP contribution >= 0.6 is 0 Å². The maximum absolute atomic E-state index is 5.82. The molecule has 0 bridgehead atoms. The van der Waals surface area contributed by atoms with Crippen molar-refractivity contribution in [3.8, 4) is 29.6 Å². The number of rotatable bonds is 7. The number of hydrogen-bond donors (Lipinski definition) is 2. The molecule has 2 unspecified atom stereocenters. The summed E-state index contributed by atoms with van der Waals surface area (Å²) in [5.41, 5.74) is 6.75. The van der Waals surface area contributed by atoms with E-state index in [4.69, 9.17) is 26.4 Å². The molecule has 2 atom stereocenters. The van der Waals surface area contributed by atoms with Gasteiger partial charge in [0.05, 0.1) is 27.4 Å². The van der Waals surface area contributed by atoms with Gasteiger partial charge < -0.3 is 19.9 Å². The quantitative estimate of drug-likeness (QED) is 0.737. The number of methoxy groups -OCH3 is 3. The Morgan fingerprint density at radius 3 is 2.10 bits per heavy atom. The van der Waals surface area contributed by atoms with Crippen LogP contribution in [0.3, 0.4) is 0 Å². The van der Waals surface area contributed by atoms with Crippen LogP contribution in [0.15, 0.2) is 12.1 Å². The van der Waals surface area contributed by atoms with Crippen molar-refractivity contribution in [1.82, 2.24) is 5.32 Å². The Morgan fingerprint density at radius 1 is 1.20 bits per heavy atom. The van der Waals surface area contributed by atoms with E-state index < -0.39 is 0 Å². The average molecular weight is 278 g/mol. The Balaban J connectivity index is 3.20. The summed E-state index contributed by atoms with van der Waals surface area (Å²) in [5, 5.41) is 3.26. The molecular weight excluding hydrogens is 256 g/mol. The lowest BCUT2D eigenvalue weighted by Crippen LogP contribution is -2.34. The van der Waals surface area contributed by atoms with Crippen molar-refractivity contribution in [3.63, 3.8) is 0 Å². The summed E-state index contributed by atoms with van der Waals surface area (Å²) in [7, 11) is 4.73. The molecule has 0 aromatic heterocycles. The van der Waals surface area contributed by atoms with Gasteiger partial charge in [0.25, 0.3) is 0 Å². The Labute approximate surface area is 120 Å². The second kappa shape index (κ2) is 7.63. The van der Waals surface area contributed by atoms with Gasteiger partial charge in [-0.05, 0) is 24.6 Å². The topological polar surface area (TPSA) is 65.7 Å². The molecule has 0 amide bonds. The molecule has 0 aliphatic heterocycles. The van der Waals surface area contributed by atoms with Crippen molar-refractivity contribution in [1.29, 1.82) is 0 Å². The molecule has 1 aromatic rings. The van der Waals surface area contributed by atoms with Gasteiger partial charge in [0.15, 0.2) is 11.5 Å². The smallest absolute Gasteiger partial charge is 0.203 e. The van der Waals surface area contributed by atoms with Gasteiger partial charge in [0.2, 0.25) is 5.75 Å². The van der Waals surface area contributed by atoms with Crippen LogP contribution in [0.4, 0.5) is 0 Å². The standard InChI is InChI=1S/C15H22N2O3/c1-6-10(2)17-12(9-16)11-7-13(18-3)15(20-5)14(8-11)19-4/h1,7-8,10,12,17H,9,16H2,2-5H3. The van der Waals surface area contributed by atoms with E-state index in [0.717, 1.165) is 5.56 Å². The van der Waals surface area contributed by atoms with Gasteiger partial charge in [-0.3, -0.25) is 5.32 Å². The molecule has 20 heavy (non-hydrogen) atoms. The Morgan fingerprint density at radius 2 is 1.75 bits per heavy atom. The van der Waals surface area contributed by atoms with Crippen LogP contribution in [-0.2, 0) is 0 Å². The number of benzene rings is 1. The van der Waals surface area contributed by atoms with Crippen molar-refractivity contribution in [2.75, 3.05) is 27.9 Å². The second-order valence-corrected chi connectivity index (χ2v) is 4.30. The van der Waals surface area contributed by atoms with E-state index in [1.165, 1.54) is 0 Å². The first-order valence-electron chi connectivity index (χ1n) is 6.33. The SMILES string of the molecule is C#CC(C)NC(CN)c1cc(OC)c(OC)c(OC)c1. The Kier molecular flexibility index (Phi) is 6.16. The molecule has 5 heteroatoms. The molecule has 0 fully saturated rings. The van der Waals surface area contributed by atoms with Crippen molar-refractivity contribution >= 4 is 0 Å². The van der Waals surface area contributed by atoms with Crippen LogP contribution in [0.1, 0.15) is 18.5 Å². The molecule has 0 aliphatic carbocycles. The lowest BCUT2D eigenvalue weighted by atomic mass is 10.0. The highest BCUT2D eigenvalue weighted by Crippen LogP contribution is 2.39. The fourth-order valence-corrected chi connectivity index (χ4v) is 1.95. The van der Waals surface area contributed by atoms with E-state index >= 15 is 0 Å². The molecule has 5 nitrogen and oxygen atoms in total. The summed E-state index contributed by atoms with van der Waals surface area (Å²) >= 11 is 0. The summed E-state index contributed by atoms with van der Waals surface area (Å²) < 4.78 is 16.0. The lowest BCUT2D eigenvalue weighted by Gasteiger charge is -2.22. The van der Waals surface area contributed by atoms with E-state index in [9.17, 15) is 0 Å². The zero-order chi connectivity index (χ0) is 15.1. The van der Waals surface area contributed by atoms with Crippen LogP contribution < -0.4 is 25.3 Å². The van der Waals surface area contributed by atoms with Crippen LogP contribution in [0, 0.1) is 12.3 Å². The summed E-state index contributed by atoms with van der Waals surface area (Å²) in [5.74, 6) is 4.37. The normalized spacial score (nSPS) is 13.2. The third kappa shape index (κ3) is 3.56. The highest BCUT2D eigenvalue weighted by Gasteiger charge is 2.18. The number of nitrogens with one attached hydrogen (secondary N) is 1. The fraction of sp³-hybridized carbons (Fsp3) is 0.467. The first kappa shape index (κ1) is 16.2. The monoisotopic (exact) mass is 278 g/mol. The van der Waals surface area contributed by atoms with Gasteiger partial charge in [-0.15, -0.1) is 6.42 Å². The summed E-state index contributed by atoms with van der Waals surface area (Å²) in [6.45, 7) is 2.31. The molecule has 1 rings (SSSR count). The zero-order valence-electron chi connectivity index (χ0n) is 12.4. The number of nitrogens with two attached hydrogens (primary N) is 1. The molecule has 0 heterocycles. The summed E-state index contributed by atoms with van der Waals surface area (Å²) in [6, 6.07) is 3.57. The molecule has 0 spiro atoms. The van der Waals surface area contributed by atoms with Gasteiger partial charge >= 0.3 is 0 Å². The number of hydrogen-bond acceptors (Lipinski definition) is 5. The van der Waals surface area contributed by atoms with Crippen molar-refractivity contribution < 1.29 is 14.2 Å². The number of ether oxygens (including phenoxy) is 3. The van der Waals surface area contributed by atoms with Gasteiger partial charge in [0, 0.05) is 12.6 Å². The Hall–Kier alpha value is -1.90. The predicted octanol–water partition coefficient (Wildman–Crippen LogP) is 1.32. The fourth-order valence-electron chi connectivity index (χ4n) is 1.95. The minimum absolute atomic E-state index is 0.0809. The largest absolute Gasteiger partial charge is 0.493 e. The molecule has 0 radical (unpaired) electrons. The molecule has 1 aromatic carbocycles. The summed E-state index contributed by atoms with van der Waals surface area (Å²) in [4.78, 5) is 0. The van der Waals surface area contributed by atoms with Crippen molar-refractivity contribution in [2.45, 2.75) is 19.0 Å². The maximum atomic E-state index is 5.82. The molecule has 110 valence electrons. The van der Waals surface area contributed by atoms with Gasteiger partial charge in [0.1, 0.15) is 0 Å². The zero-order valence-corrected chi connectivity index (χ0v) is 12.4. The van der Waals surface area contributed by atoms with E-state index in [0.29, 0.717) is 23.8 Å². The van der Waals surface area contributed by atoms with E-state index in [-0.39, 0.29) is 12.1 Å². The van der Waals surface area contributed by atoms with Crippen LogP contribution in [-0.4, -0.2) is 33.9 Å². The molecule has 0 saturated carbocycles. The predicted molar refractivity (Wildman–Crippen MR) is 79.3 cm³/mol. The molecule has 0 aliphatic rings. The highest BCUT2D eigenvalue weighted by atomic mass is 16.5. The third-order valence-electron chi connectivity index (χ3n) is 3.03. The lowest BCUT2D eigenvalue weighted by molar-refractivity contribution is 0.323. The van der Waals surface area contributed by atoms with Crippen molar-refractivity contribution in [3.05, 3.63) is 17.7 Å². The molecule has 3 N–H and O–H groups in total. The number of terminal acetylenes is 1.